The normalized spacial score (nSPS) is 11.6. The Bertz CT molecular complexity index is 592. The topological polar surface area (TPSA) is 95.0 Å². The average Bonchev–Trinajstić information content (AvgIpc) is 2.47. The molecule has 5 heteroatoms. The Morgan fingerprint density at radius 2 is 2.00 bits per heavy atom. The third kappa shape index (κ3) is 3.00. The van der Waals surface area contributed by atoms with Crippen LogP contribution in [0.1, 0.15) is 17.3 Å². The predicted molar refractivity (Wildman–Crippen MR) is 73.3 cm³/mol. The van der Waals surface area contributed by atoms with Crippen LogP contribution in [0.2, 0.25) is 0 Å². The molecule has 0 fully saturated rings. The molecule has 0 aliphatic heterocycles. The number of pyridine rings is 1. The molecule has 96 valence electrons. The first-order valence-electron chi connectivity index (χ1n) is 5.83. The second-order valence-corrected chi connectivity index (χ2v) is 4.04. The van der Waals surface area contributed by atoms with Gasteiger partial charge in [-0.05, 0) is 17.7 Å². The zero-order chi connectivity index (χ0) is 13.7. The van der Waals surface area contributed by atoms with Gasteiger partial charge < -0.3 is 16.2 Å². The molecule has 2 rings (SSSR count). The summed E-state index contributed by atoms with van der Waals surface area (Å²) in [6, 6.07) is 14.5. The van der Waals surface area contributed by atoms with Gasteiger partial charge in [0.15, 0.2) is 5.69 Å². The van der Waals surface area contributed by atoms with Crippen molar-refractivity contribution in [2.75, 3.05) is 17.7 Å². The number of anilines is 2. The summed E-state index contributed by atoms with van der Waals surface area (Å²) in [5, 5.41) is 21.4. The van der Waals surface area contributed by atoms with E-state index >= 15 is 0 Å². The number of aliphatic hydroxyl groups excluding tert-OH is 1. The first-order chi connectivity index (χ1) is 9.24. The van der Waals surface area contributed by atoms with Crippen LogP contribution in [0.3, 0.4) is 0 Å². The van der Waals surface area contributed by atoms with Gasteiger partial charge in [-0.3, -0.25) is 0 Å². The van der Waals surface area contributed by atoms with Crippen LogP contribution in [-0.2, 0) is 0 Å². The number of nitrogen functional groups attached to an aromatic ring is 1. The summed E-state index contributed by atoms with van der Waals surface area (Å²) in [5.74, 6) is 0.508. The fraction of sp³-hybridized carbons (Fsp3) is 0.143. The molecule has 1 unspecified atom stereocenters. The van der Waals surface area contributed by atoms with Crippen molar-refractivity contribution < 1.29 is 5.11 Å². The standard InChI is InChI=1S/C14H14N4O/c15-8-12-11(16)6-7-14(17-12)18-13(9-19)10-4-2-1-3-5-10/h1-7,13,19H,9,16H2,(H,17,18). The predicted octanol–water partition coefficient (Wildman–Crippen LogP) is 1.68. The molecule has 1 heterocycles. The Labute approximate surface area is 111 Å². The van der Waals surface area contributed by atoms with E-state index in [4.69, 9.17) is 11.0 Å². The molecule has 0 amide bonds. The highest BCUT2D eigenvalue weighted by atomic mass is 16.3. The van der Waals surface area contributed by atoms with Crippen LogP contribution < -0.4 is 11.1 Å². The molecular formula is C14H14N4O. The second kappa shape index (κ2) is 5.85. The van der Waals surface area contributed by atoms with Crippen molar-refractivity contribution in [3.05, 3.63) is 53.7 Å². The number of nitrogens with zero attached hydrogens (tertiary/aromatic N) is 2. The van der Waals surface area contributed by atoms with Gasteiger partial charge in [-0.1, -0.05) is 30.3 Å². The van der Waals surface area contributed by atoms with Gasteiger partial charge in [-0.2, -0.15) is 5.26 Å². The van der Waals surface area contributed by atoms with E-state index in [0.717, 1.165) is 5.56 Å². The van der Waals surface area contributed by atoms with Gasteiger partial charge in [0.25, 0.3) is 0 Å². The number of hydrogen-bond acceptors (Lipinski definition) is 5. The van der Waals surface area contributed by atoms with E-state index < -0.39 is 0 Å². The number of nitriles is 1. The van der Waals surface area contributed by atoms with Crippen LogP contribution in [0.5, 0.6) is 0 Å². The van der Waals surface area contributed by atoms with Crippen molar-refractivity contribution in [1.29, 1.82) is 5.26 Å². The maximum absolute atomic E-state index is 9.44. The highest BCUT2D eigenvalue weighted by Crippen LogP contribution is 2.19. The fourth-order valence-electron chi connectivity index (χ4n) is 1.74. The SMILES string of the molecule is N#Cc1nc(NC(CO)c2ccccc2)ccc1N. The maximum Gasteiger partial charge on any atom is 0.165 e. The zero-order valence-corrected chi connectivity index (χ0v) is 10.2. The Kier molecular flexibility index (Phi) is 3.96. The molecule has 0 aliphatic carbocycles. The molecular weight excluding hydrogens is 240 g/mol. The number of rotatable bonds is 4. The third-order valence-electron chi connectivity index (χ3n) is 2.74. The van der Waals surface area contributed by atoms with Crippen LogP contribution >= 0.6 is 0 Å². The maximum atomic E-state index is 9.44. The summed E-state index contributed by atoms with van der Waals surface area (Å²) in [6.07, 6.45) is 0. The highest BCUT2D eigenvalue weighted by molar-refractivity contribution is 5.55. The molecule has 0 bridgehead atoms. The van der Waals surface area contributed by atoms with E-state index in [1.54, 1.807) is 12.1 Å². The molecule has 4 N–H and O–H groups in total. The summed E-state index contributed by atoms with van der Waals surface area (Å²) in [6.45, 7) is -0.0715. The number of aromatic nitrogens is 1. The smallest absolute Gasteiger partial charge is 0.165 e. The van der Waals surface area contributed by atoms with Crippen LogP contribution in [0.4, 0.5) is 11.5 Å². The minimum Gasteiger partial charge on any atom is -0.396 e. The van der Waals surface area contributed by atoms with E-state index in [1.807, 2.05) is 36.4 Å². The fourth-order valence-corrected chi connectivity index (χ4v) is 1.74. The lowest BCUT2D eigenvalue weighted by atomic mass is 10.1. The van der Waals surface area contributed by atoms with Crippen molar-refractivity contribution in [3.63, 3.8) is 0 Å². The van der Waals surface area contributed by atoms with Crippen molar-refractivity contribution in [1.82, 2.24) is 4.98 Å². The summed E-state index contributed by atoms with van der Waals surface area (Å²) < 4.78 is 0. The van der Waals surface area contributed by atoms with Gasteiger partial charge in [0, 0.05) is 0 Å². The van der Waals surface area contributed by atoms with Gasteiger partial charge in [0.2, 0.25) is 0 Å². The molecule has 0 spiro atoms. The number of hydrogen-bond donors (Lipinski definition) is 3. The van der Waals surface area contributed by atoms with E-state index in [0.29, 0.717) is 11.5 Å². The lowest BCUT2D eigenvalue weighted by molar-refractivity contribution is 0.276. The molecule has 1 aromatic heterocycles. The third-order valence-corrected chi connectivity index (χ3v) is 2.74. The van der Waals surface area contributed by atoms with Gasteiger partial charge >= 0.3 is 0 Å². The summed E-state index contributed by atoms with van der Waals surface area (Å²) in [5.41, 5.74) is 7.08. The number of benzene rings is 1. The Morgan fingerprint density at radius 1 is 1.26 bits per heavy atom. The molecule has 19 heavy (non-hydrogen) atoms. The summed E-state index contributed by atoms with van der Waals surface area (Å²) in [7, 11) is 0. The van der Waals surface area contributed by atoms with Crippen molar-refractivity contribution in [2.24, 2.45) is 0 Å². The molecule has 1 aromatic carbocycles. The van der Waals surface area contributed by atoms with E-state index in [1.165, 1.54) is 0 Å². The van der Waals surface area contributed by atoms with Gasteiger partial charge in [-0.25, -0.2) is 4.98 Å². The van der Waals surface area contributed by atoms with Gasteiger partial charge in [0.1, 0.15) is 11.9 Å². The first-order valence-corrected chi connectivity index (χ1v) is 5.83. The van der Waals surface area contributed by atoms with E-state index in [2.05, 4.69) is 10.3 Å². The number of nitrogens with two attached hydrogens (primary N) is 1. The minimum absolute atomic E-state index is 0.0715. The molecule has 5 nitrogen and oxygen atoms in total. The van der Waals surface area contributed by atoms with Crippen molar-refractivity contribution >= 4 is 11.5 Å². The van der Waals surface area contributed by atoms with E-state index in [-0.39, 0.29) is 18.3 Å². The van der Waals surface area contributed by atoms with Crippen LogP contribution in [-0.4, -0.2) is 16.7 Å². The molecule has 0 saturated carbocycles. The lowest BCUT2D eigenvalue weighted by Crippen LogP contribution is -2.16. The van der Waals surface area contributed by atoms with Crippen LogP contribution in [0, 0.1) is 11.3 Å². The van der Waals surface area contributed by atoms with Crippen LogP contribution in [0.15, 0.2) is 42.5 Å². The Balaban J connectivity index is 2.22. The Morgan fingerprint density at radius 3 is 2.63 bits per heavy atom. The summed E-state index contributed by atoms with van der Waals surface area (Å²) >= 11 is 0. The quantitative estimate of drug-likeness (QED) is 0.771. The number of aliphatic hydroxyl groups is 1. The zero-order valence-electron chi connectivity index (χ0n) is 10.2. The first kappa shape index (κ1) is 12.9. The minimum atomic E-state index is -0.274. The monoisotopic (exact) mass is 254 g/mol. The average molecular weight is 254 g/mol. The molecule has 0 aliphatic rings. The molecule has 0 radical (unpaired) electrons. The largest absolute Gasteiger partial charge is 0.396 e. The van der Waals surface area contributed by atoms with Gasteiger partial charge in [0.05, 0.1) is 18.3 Å². The van der Waals surface area contributed by atoms with Crippen molar-refractivity contribution in [2.45, 2.75) is 6.04 Å². The second-order valence-electron chi connectivity index (χ2n) is 4.04. The Hall–Kier alpha value is -2.58. The highest BCUT2D eigenvalue weighted by Gasteiger charge is 2.11. The molecule has 1 atom stereocenters. The molecule has 2 aromatic rings. The van der Waals surface area contributed by atoms with Crippen LogP contribution in [0.25, 0.3) is 0 Å². The lowest BCUT2D eigenvalue weighted by Gasteiger charge is -2.17. The van der Waals surface area contributed by atoms with Gasteiger partial charge in [-0.15, -0.1) is 0 Å². The molecule has 0 saturated heterocycles. The number of nitrogens with one attached hydrogen (secondary N) is 1. The summed E-state index contributed by atoms with van der Waals surface area (Å²) in [4.78, 5) is 4.10. The van der Waals surface area contributed by atoms with Crippen molar-refractivity contribution in [3.8, 4) is 6.07 Å². The van der Waals surface area contributed by atoms with E-state index in [9.17, 15) is 5.11 Å².